The van der Waals surface area contributed by atoms with Gasteiger partial charge in [-0.25, -0.2) is 0 Å². The molecule has 0 radical (unpaired) electrons. The highest BCUT2D eigenvalue weighted by Gasteiger charge is 2.58. The Bertz CT molecular complexity index is 437. The van der Waals surface area contributed by atoms with E-state index >= 15 is 0 Å². The van der Waals surface area contributed by atoms with Crippen LogP contribution in [-0.4, -0.2) is 17.7 Å². The molecule has 0 aromatic heterocycles. The van der Waals surface area contributed by atoms with E-state index in [1.165, 1.54) is 0 Å². The quantitative estimate of drug-likeness (QED) is 0.735. The standard InChI is InChI=1S/C16H24O3/c1-10(2)12-8-14(18)16(5,19-12)13-7-6-11(3)15(13,4)9-17/h8-11,13H,6-7H2,1-5H3/t11-,13-,15-,16+/m1/s1. The van der Waals surface area contributed by atoms with Crippen LogP contribution in [0.5, 0.6) is 0 Å². The first-order valence-corrected chi connectivity index (χ1v) is 7.17. The molecule has 0 bridgehead atoms. The Kier molecular flexibility index (Phi) is 3.36. The third-order valence-corrected chi connectivity index (χ3v) is 5.28. The topological polar surface area (TPSA) is 43.4 Å². The third kappa shape index (κ3) is 1.94. The lowest BCUT2D eigenvalue weighted by atomic mass is 9.68. The van der Waals surface area contributed by atoms with E-state index in [2.05, 4.69) is 6.92 Å². The number of aldehydes is 1. The highest BCUT2D eigenvalue weighted by Crippen LogP contribution is 2.54. The van der Waals surface area contributed by atoms with Crippen molar-refractivity contribution in [1.82, 2.24) is 0 Å². The Morgan fingerprint density at radius 1 is 1.37 bits per heavy atom. The van der Waals surface area contributed by atoms with Gasteiger partial charge in [-0.05, 0) is 25.7 Å². The van der Waals surface area contributed by atoms with E-state index in [4.69, 9.17) is 4.74 Å². The van der Waals surface area contributed by atoms with E-state index in [0.717, 1.165) is 24.9 Å². The highest BCUT2D eigenvalue weighted by molar-refractivity contribution is 5.99. The molecule has 1 heterocycles. The summed E-state index contributed by atoms with van der Waals surface area (Å²) in [5.41, 5.74) is -1.33. The van der Waals surface area contributed by atoms with Gasteiger partial charge in [-0.15, -0.1) is 0 Å². The maximum Gasteiger partial charge on any atom is 0.202 e. The van der Waals surface area contributed by atoms with Crippen molar-refractivity contribution in [1.29, 1.82) is 0 Å². The third-order valence-electron chi connectivity index (χ3n) is 5.28. The van der Waals surface area contributed by atoms with Gasteiger partial charge in [0.2, 0.25) is 5.78 Å². The summed E-state index contributed by atoms with van der Waals surface area (Å²) in [4.78, 5) is 24.0. The fourth-order valence-electron chi connectivity index (χ4n) is 3.57. The van der Waals surface area contributed by atoms with E-state index in [1.54, 1.807) is 6.08 Å². The largest absolute Gasteiger partial charge is 0.483 e. The molecule has 1 saturated carbocycles. The lowest BCUT2D eigenvalue weighted by Gasteiger charge is -2.39. The highest BCUT2D eigenvalue weighted by atomic mass is 16.5. The minimum atomic E-state index is -0.861. The molecule has 106 valence electrons. The summed E-state index contributed by atoms with van der Waals surface area (Å²) in [6.07, 6.45) is 4.50. The number of carbonyl (C=O) groups is 2. The molecule has 2 aliphatic rings. The average Bonchev–Trinajstić information content (AvgIpc) is 2.81. The molecule has 0 aromatic rings. The molecule has 1 aliphatic carbocycles. The first-order chi connectivity index (χ1) is 8.75. The zero-order valence-corrected chi connectivity index (χ0v) is 12.5. The Morgan fingerprint density at radius 3 is 2.47 bits per heavy atom. The van der Waals surface area contributed by atoms with E-state index in [1.807, 2.05) is 27.7 Å². The van der Waals surface area contributed by atoms with E-state index in [-0.39, 0.29) is 17.6 Å². The SMILES string of the molecule is CC(C)C1=CC(=O)[C@](C)([C@@H]2CC[C@@H](C)[C@@]2(C)C=O)O1. The molecule has 3 heteroatoms. The lowest BCUT2D eigenvalue weighted by molar-refractivity contribution is -0.143. The predicted octanol–water partition coefficient (Wildman–Crippen LogP) is 3.14. The van der Waals surface area contributed by atoms with Gasteiger partial charge in [0.25, 0.3) is 0 Å². The first-order valence-electron chi connectivity index (χ1n) is 7.17. The average molecular weight is 264 g/mol. The minimum absolute atomic E-state index is 0.0170. The maximum absolute atomic E-state index is 12.4. The van der Waals surface area contributed by atoms with Crippen LogP contribution in [0.1, 0.15) is 47.5 Å². The molecule has 4 atom stereocenters. The lowest BCUT2D eigenvalue weighted by Crippen LogP contribution is -2.48. The van der Waals surface area contributed by atoms with Gasteiger partial charge in [0.15, 0.2) is 5.60 Å². The van der Waals surface area contributed by atoms with Crippen molar-refractivity contribution < 1.29 is 14.3 Å². The molecule has 1 aliphatic heterocycles. The van der Waals surface area contributed by atoms with Crippen molar-refractivity contribution in [3.63, 3.8) is 0 Å². The molecule has 0 saturated heterocycles. The van der Waals surface area contributed by atoms with Crippen molar-refractivity contribution in [3.8, 4) is 0 Å². The summed E-state index contributed by atoms with van der Waals surface area (Å²) >= 11 is 0. The van der Waals surface area contributed by atoms with Crippen LogP contribution in [0.25, 0.3) is 0 Å². The second-order valence-electron chi connectivity index (χ2n) is 6.79. The molecule has 2 rings (SSSR count). The summed E-state index contributed by atoms with van der Waals surface area (Å²) in [6.45, 7) is 9.94. The minimum Gasteiger partial charge on any atom is -0.483 e. The summed E-state index contributed by atoms with van der Waals surface area (Å²) < 4.78 is 6.00. The molecular weight excluding hydrogens is 240 g/mol. The summed E-state index contributed by atoms with van der Waals surface area (Å²) in [5.74, 6) is 1.23. The van der Waals surface area contributed by atoms with Crippen molar-refractivity contribution in [2.45, 2.75) is 53.1 Å². The monoisotopic (exact) mass is 264 g/mol. The van der Waals surface area contributed by atoms with Crippen LogP contribution in [0, 0.1) is 23.2 Å². The number of hydrogen-bond donors (Lipinski definition) is 0. The van der Waals surface area contributed by atoms with Crippen molar-refractivity contribution in [3.05, 3.63) is 11.8 Å². The van der Waals surface area contributed by atoms with Gasteiger partial charge in [0.1, 0.15) is 12.0 Å². The Balaban J connectivity index is 2.33. The van der Waals surface area contributed by atoms with Gasteiger partial charge in [0, 0.05) is 23.3 Å². The number of rotatable bonds is 3. The second-order valence-corrected chi connectivity index (χ2v) is 6.79. The van der Waals surface area contributed by atoms with E-state index in [9.17, 15) is 9.59 Å². The molecule has 0 N–H and O–H groups in total. The van der Waals surface area contributed by atoms with Crippen LogP contribution in [0.2, 0.25) is 0 Å². The second kappa shape index (κ2) is 4.46. The molecule has 19 heavy (non-hydrogen) atoms. The predicted molar refractivity (Wildman–Crippen MR) is 73.5 cm³/mol. The molecule has 0 spiro atoms. The molecule has 0 unspecified atom stereocenters. The van der Waals surface area contributed by atoms with Gasteiger partial charge in [-0.1, -0.05) is 27.7 Å². The number of allylic oxidation sites excluding steroid dienone is 1. The van der Waals surface area contributed by atoms with E-state index in [0.29, 0.717) is 5.92 Å². The van der Waals surface area contributed by atoms with Crippen LogP contribution in [-0.2, 0) is 14.3 Å². The molecule has 0 aromatic carbocycles. The van der Waals surface area contributed by atoms with Crippen molar-refractivity contribution >= 4 is 12.1 Å². The van der Waals surface area contributed by atoms with Crippen LogP contribution in [0.4, 0.5) is 0 Å². The fourth-order valence-corrected chi connectivity index (χ4v) is 3.57. The van der Waals surface area contributed by atoms with Gasteiger partial charge in [-0.3, -0.25) is 4.79 Å². The number of carbonyl (C=O) groups excluding carboxylic acids is 2. The Morgan fingerprint density at radius 2 is 2.00 bits per heavy atom. The Hall–Kier alpha value is -1.12. The number of ether oxygens (including phenoxy) is 1. The van der Waals surface area contributed by atoms with Crippen LogP contribution in [0.15, 0.2) is 11.8 Å². The maximum atomic E-state index is 12.4. The molecule has 0 amide bonds. The normalized spacial score (nSPS) is 42.4. The van der Waals surface area contributed by atoms with E-state index < -0.39 is 11.0 Å². The van der Waals surface area contributed by atoms with Gasteiger partial charge >= 0.3 is 0 Å². The number of ketones is 1. The first kappa shape index (κ1) is 14.3. The van der Waals surface area contributed by atoms with Crippen LogP contribution < -0.4 is 0 Å². The summed E-state index contributed by atoms with van der Waals surface area (Å²) in [7, 11) is 0. The molecular formula is C16H24O3. The van der Waals surface area contributed by atoms with Crippen LogP contribution >= 0.6 is 0 Å². The van der Waals surface area contributed by atoms with Crippen LogP contribution in [0.3, 0.4) is 0 Å². The Labute approximate surface area is 115 Å². The smallest absolute Gasteiger partial charge is 0.202 e. The summed E-state index contributed by atoms with van der Waals surface area (Å²) in [5, 5.41) is 0. The van der Waals surface area contributed by atoms with Crippen molar-refractivity contribution in [2.24, 2.45) is 23.2 Å². The van der Waals surface area contributed by atoms with Gasteiger partial charge in [-0.2, -0.15) is 0 Å². The molecule has 1 fully saturated rings. The van der Waals surface area contributed by atoms with Crippen molar-refractivity contribution in [2.75, 3.05) is 0 Å². The summed E-state index contributed by atoms with van der Waals surface area (Å²) in [6, 6.07) is 0. The molecule has 3 nitrogen and oxygen atoms in total. The van der Waals surface area contributed by atoms with Gasteiger partial charge in [0.05, 0.1) is 0 Å². The number of hydrogen-bond acceptors (Lipinski definition) is 3. The zero-order chi connectivity index (χ0) is 14.4. The zero-order valence-electron chi connectivity index (χ0n) is 12.5. The fraction of sp³-hybridized carbons (Fsp3) is 0.750. The van der Waals surface area contributed by atoms with Gasteiger partial charge < -0.3 is 9.53 Å².